The number of nitrogens with one attached hydrogen (secondary N) is 1. The van der Waals surface area contributed by atoms with Crippen molar-refractivity contribution in [1.29, 1.82) is 0 Å². The predicted molar refractivity (Wildman–Crippen MR) is 89.6 cm³/mol. The maximum absolute atomic E-state index is 13.2. The summed E-state index contributed by atoms with van der Waals surface area (Å²) in [5.41, 5.74) is 0.178. The normalized spacial score (nSPS) is 15.6. The summed E-state index contributed by atoms with van der Waals surface area (Å²) in [6.45, 7) is 2.47. The number of likely N-dealkylation sites (N-methyl/N-ethyl adjacent to an activating group) is 1. The molecule has 1 aliphatic rings. The van der Waals surface area contributed by atoms with Gasteiger partial charge in [0, 0.05) is 32.1 Å². The van der Waals surface area contributed by atoms with Crippen molar-refractivity contribution >= 4 is 17.3 Å². The van der Waals surface area contributed by atoms with E-state index in [0.29, 0.717) is 38.2 Å². The van der Waals surface area contributed by atoms with E-state index in [9.17, 15) is 19.3 Å². The molecule has 0 radical (unpaired) electrons. The van der Waals surface area contributed by atoms with Crippen LogP contribution in [0.25, 0.3) is 0 Å². The van der Waals surface area contributed by atoms with E-state index in [1.54, 1.807) is 0 Å². The maximum Gasteiger partial charge on any atom is 0.295 e. The Morgan fingerprint density at radius 1 is 1.42 bits per heavy atom. The Morgan fingerprint density at radius 2 is 2.08 bits per heavy atom. The van der Waals surface area contributed by atoms with Crippen molar-refractivity contribution < 1.29 is 14.1 Å². The van der Waals surface area contributed by atoms with Crippen LogP contribution < -0.4 is 10.2 Å². The summed E-state index contributed by atoms with van der Waals surface area (Å²) in [5, 5.41) is 14.0. The van der Waals surface area contributed by atoms with Crippen LogP contribution in [0.4, 0.5) is 15.8 Å². The first kappa shape index (κ1) is 18.1. The van der Waals surface area contributed by atoms with Crippen LogP contribution in [0.5, 0.6) is 0 Å². The highest BCUT2D eigenvalue weighted by molar-refractivity contribution is 5.79. The second kappa shape index (κ2) is 8.05. The van der Waals surface area contributed by atoms with Gasteiger partial charge in [-0.3, -0.25) is 14.9 Å². The standard InChI is InChI=1S/C16H23FN4O3/c1-19(2)10-7-18-16(22)12-5-8-20(9-6-12)14-4-3-13(17)11-15(14)21(23)24/h3-4,11-12H,5-10H2,1-2H3,(H,18,22). The van der Waals surface area contributed by atoms with Gasteiger partial charge in [0.05, 0.1) is 11.0 Å². The van der Waals surface area contributed by atoms with Gasteiger partial charge in [0.15, 0.2) is 0 Å². The quantitative estimate of drug-likeness (QED) is 0.630. The lowest BCUT2D eigenvalue weighted by Gasteiger charge is -2.32. The number of piperidine rings is 1. The average molecular weight is 338 g/mol. The number of nitrogens with zero attached hydrogens (tertiary/aromatic N) is 3. The number of nitro groups is 1. The van der Waals surface area contributed by atoms with Crippen molar-refractivity contribution in [1.82, 2.24) is 10.2 Å². The minimum atomic E-state index is -0.624. The van der Waals surface area contributed by atoms with Crippen LogP contribution >= 0.6 is 0 Å². The lowest BCUT2D eigenvalue weighted by Crippen LogP contribution is -2.42. The molecule has 24 heavy (non-hydrogen) atoms. The average Bonchev–Trinajstić information content (AvgIpc) is 2.54. The van der Waals surface area contributed by atoms with Gasteiger partial charge < -0.3 is 15.1 Å². The molecule has 2 rings (SSSR count). The van der Waals surface area contributed by atoms with E-state index in [4.69, 9.17) is 0 Å². The minimum absolute atomic E-state index is 0.0325. The van der Waals surface area contributed by atoms with E-state index in [1.165, 1.54) is 12.1 Å². The topological polar surface area (TPSA) is 78.7 Å². The number of carbonyl (C=O) groups is 1. The lowest BCUT2D eigenvalue weighted by molar-refractivity contribution is -0.384. The Labute approximate surface area is 140 Å². The van der Waals surface area contributed by atoms with Gasteiger partial charge in [-0.25, -0.2) is 4.39 Å². The zero-order valence-corrected chi connectivity index (χ0v) is 14.0. The molecule has 0 unspecified atom stereocenters. The lowest BCUT2D eigenvalue weighted by atomic mass is 9.95. The first-order chi connectivity index (χ1) is 11.4. The number of halogens is 1. The van der Waals surface area contributed by atoms with Crippen molar-refractivity contribution in [2.45, 2.75) is 12.8 Å². The summed E-state index contributed by atoms with van der Waals surface area (Å²) in [4.78, 5) is 26.5. The molecule has 1 aromatic carbocycles. The van der Waals surface area contributed by atoms with Crippen molar-refractivity contribution in [3.8, 4) is 0 Å². The maximum atomic E-state index is 13.2. The molecule has 1 aliphatic heterocycles. The predicted octanol–water partition coefficient (Wildman–Crippen LogP) is 1.63. The Balaban J connectivity index is 1.93. The molecule has 0 bridgehead atoms. The zero-order valence-electron chi connectivity index (χ0n) is 14.0. The van der Waals surface area contributed by atoms with E-state index in [-0.39, 0.29) is 17.5 Å². The number of benzene rings is 1. The Hall–Kier alpha value is -2.22. The number of hydrogen-bond acceptors (Lipinski definition) is 5. The molecule has 1 aromatic rings. The van der Waals surface area contributed by atoms with E-state index in [0.717, 1.165) is 12.6 Å². The number of carbonyl (C=O) groups excluding carboxylic acids is 1. The highest BCUT2D eigenvalue weighted by Crippen LogP contribution is 2.32. The highest BCUT2D eigenvalue weighted by atomic mass is 19.1. The van der Waals surface area contributed by atoms with Gasteiger partial charge in [0.2, 0.25) is 5.91 Å². The first-order valence-corrected chi connectivity index (χ1v) is 8.00. The number of rotatable bonds is 6. The molecule has 0 aliphatic carbocycles. The van der Waals surface area contributed by atoms with Gasteiger partial charge in [-0.15, -0.1) is 0 Å². The van der Waals surface area contributed by atoms with Crippen molar-refractivity contribution in [2.24, 2.45) is 5.92 Å². The third kappa shape index (κ3) is 4.64. The summed E-state index contributed by atoms with van der Waals surface area (Å²) in [6, 6.07) is 3.60. The van der Waals surface area contributed by atoms with Crippen LogP contribution in [-0.2, 0) is 4.79 Å². The number of anilines is 1. The van der Waals surface area contributed by atoms with Crippen LogP contribution in [0, 0.1) is 21.8 Å². The van der Waals surface area contributed by atoms with Crippen molar-refractivity contribution in [2.75, 3.05) is 45.2 Å². The van der Waals surface area contributed by atoms with Gasteiger partial charge in [0.1, 0.15) is 11.5 Å². The molecule has 8 heteroatoms. The fourth-order valence-corrected chi connectivity index (χ4v) is 2.84. The van der Waals surface area contributed by atoms with Gasteiger partial charge in [-0.2, -0.15) is 0 Å². The van der Waals surface area contributed by atoms with E-state index in [1.807, 2.05) is 23.9 Å². The number of amides is 1. The SMILES string of the molecule is CN(C)CCNC(=O)C1CCN(c2ccc(F)cc2[N+](=O)[O-])CC1. The largest absolute Gasteiger partial charge is 0.366 e. The highest BCUT2D eigenvalue weighted by Gasteiger charge is 2.28. The van der Waals surface area contributed by atoms with Crippen molar-refractivity contribution in [3.63, 3.8) is 0 Å². The molecule has 0 saturated carbocycles. The van der Waals surface area contributed by atoms with E-state index < -0.39 is 10.7 Å². The molecule has 0 atom stereocenters. The fourth-order valence-electron chi connectivity index (χ4n) is 2.84. The smallest absolute Gasteiger partial charge is 0.295 e. The van der Waals surface area contributed by atoms with Crippen LogP contribution in [0.3, 0.4) is 0 Å². The Morgan fingerprint density at radius 3 is 2.67 bits per heavy atom. The second-order valence-corrected chi connectivity index (χ2v) is 6.25. The Kier molecular flexibility index (Phi) is 6.08. The van der Waals surface area contributed by atoms with Gasteiger partial charge in [0.25, 0.3) is 5.69 Å². The molecule has 1 heterocycles. The van der Waals surface area contributed by atoms with Crippen LogP contribution in [0.2, 0.25) is 0 Å². The van der Waals surface area contributed by atoms with E-state index in [2.05, 4.69) is 5.32 Å². The molecule has 0 aromatic heterocycles. The third-order valence-electron chi connectivity index (χ3n) is 4.20. The molecule has 7 nitrogen and oxygen atoms in total. The van der Waals surface area contributed by atoms with Crippen LogP contribution in [0.1, 0.15) is 12.8 Å². The molecule has 132 valence electrons. The second-order valence-electron chi connectivity index (χ2n) is 6.25. The molecule has 1 saturated heterocycles. The van der Waals surface area contributed by atoms with Gasteiger partial charge in [-0.05, 0) is 39.1 Å². The molecule has 1 N–H and O–H groups in total. The monoisotopic (exact) mass is 338 g/mol. The molecular formula is C16H23FN4O3. The molecule has 1 amide bonds. The van der Waals surface area contributed by atoms with Gasteiger partial charge >= 0.3 is 0 Å². The molecule has 0 spiro atoms. The third-order valence-corrected chi connectivity index (χ3v) is 4.20. The summed E-state index contributed by atoms with van der Waals surface area (Å²) in [7, 11) is 3.89. The zero-order chi connectivity index (χ0) is 17.7. The van der Waals surface area contributed by atoms with E-state index >= 15 is 0 Å². The first-order valence-electron chi connectivity index (χ1n) is 8.00. The molecular weight excluding hydrogens is 315 g/mol. The summed E-state index contributed by atoms with van der Waals surface area (Å²) in [5.74, 6) is -0.673. The number of nitro benzene ring substituents is 1. The number of hydrogen-bond donors (Lipinski definition) is 1. The fraction of sp³-hybridized carbons (Fsp3) is 0.562. The van der Waals surface area contributed by atoms with Crippen LogP contribution in [0.15, 0.2) is 18.2 Å². The summed E-state index contributed by atoms with van der Waals surface area (Å²) in [6.07, 6.45) is 1.25. The van der Waals surface area contributed by atoms with Crippen molar-refractivity contribution in [3.05, 3.63) is 34.1 Å². The van der Waals surface area contributed by atoms with Gasteiger partial charge in [-0.1, -0.05) is 0 Å². The summed E-state index contributed by atoms with van der Waals surface area (Å²) >= 11 is 0. The molecule has 1 fully saturated rings. The minimum Gasteiger partial charge on any atom is -0.366 e. The van der Waals surface area contributed by atoms with Crippen LogP contribution in [-0.4, -0.2) is 56.0 Å². The summed E-state index contributed by atoms with van der Waals surface area (Å²) < 4.78 is 13.2. The Bertz CT molecular complexity index is 601.